The maximum Gasteiger partial charge on any atom is 0.269 e. The maximum atomic E-state index is 13.2. The van der Waals surface area contributed by atoms with E-state index in [1.165, 1.54) is 43.5 Å². The number of aryl methyl sites for hydroxylation is 1. The highest BCUT2D eigenvalue weighted by molar-refractivity contribution is 9.10. The lowest BCUT2D eigenvalue weighted by Crippen LogP contribution is -2.37. The van der Waals surface area contributed by atoms with Crippen LogP contribution in [0.5, 0.6) is 5.75 Å². The summed E-state index contributed by atoms with van der Waals surface area (Å²) in [5, 5.41) is 10.9. The van der Waals surface area contributed by atoms with Crippen LogP contribution in [0.2, 0.25) is 0 Å². The molecular weight excluding hydrogens is 512 g/mol. The summed E-state index contributed by atoms with van der Waals surface area (Å²) in [6.45, 7) is 1.85. The van der Waals surface area contributed by atoms with Crippen LogP contribution in [0.1, 0.15) is 27.5 Å². The molecule has 3 aromatic carbocycles. The van der Waals surface area contributed by atoms with Gasteiger partial charge in [0.1, 0.15) is 5.75 Å². The van der Waals surface area contributed by atoms with Crippen LogP contribution < -0.4 is 9.46 Å². The molecule has 0 radical (unpaired) electrons. The van der Waals surface area contributed by atoms with Crippen molar-refractivity contribution in [2.45, 2.75) is 22.7 Å². The summed E-state index contributed by atoms with van der Waals surface area (Å²) in [5.41, 5.74) is 1.50. The molecule has 1 N–H and O–H groups in total. The third-order valence-corrected chi connectivity index (χ3v) is 7.40. The molecule has 8 nitrogen and oxygen atoms in total. The van der Waals surface area contributed by atoms with Crippen LogP contribution in [0.3, 0.4) is 0 Å². The van der Waals surface area contributed by atoms with Gasteiger partial charge in [-0.2, -0.15) is 0 Å². The van der Waals surface area contributed by atoms with E-state index in [9.17, 15) is 23.3 Å². The number of hydrogen-bond acceptors (Lipinski definition) is 6. The number of Topliss-reactive ketones (excluding diaryl/α,β-unsaturated/α-hetero) is 1. The second-order valence-corrected chi connectivity index (χ2v) is 9.96. The highest BCUT2D eigenvalue weighted by Gasteiger charge is 2.32. The van der Waals surface area contributed by atoms with E-state index in [4.69, 9.17) is 4.74 Å². The van der Waals surface area contributed by atoms with E-state index in [2.05, 4.69) is 20.7 Å². The molecule has 0 bridgehead atoms. The first kappa shape index (κ1) is 24.6. The Balaban J connectivity index is 1.97. The van der Waals surface area contributed by atoms with Crippen molar-refractivity contribution in [1.29, 1.82) is 0 Å². The largest absolute Gasteiger partial charge is 0.497 e. The smallest absolute Gasteiger partial charge is 0.269 e. The van der Waals surface area contributed by atoms with E-state index >= 15 is 0 Å². The number of nitrogens with zero attached hydrogens (tertiary/aromatic N) is 1. The minimum Gasteiger partial charge on any atom is -0.497 e. The molecule has 10 heteroatoms. The maximum absolute atomic E-state index is 13.2. The minimum atomic E-state index is -3.97. The molecule has 0 aromatic heterocycles. The van der Waals surface area contributed by atoms with Gasteiger partial charge in [0.25, 0.3) is 5.69 Å². The fourth-order valence-corrected chi connectivity index (χ4v) is 5.23. The number of carbonyl (C=O) groups is 1. The van der Waals surface area contributed by atoms with Gasteiger partial charge >= 0.3 is 0 Å². The fraction of sp³-hybridized carbons (Fsp3) is 0.174. The van der Waals surface area contributed by atoms with Gasteiger partial charge in [0.05, 0.1) is 27.8 Å². The van der Waals surface area contributed by atoms with Gasteiger partial charge in [-0.05, 0) is 48.9 Å². The van der Waals surface area contributed by atoms with Crippen molar-refractivity contribution in [3.63, 3.8) is 0 Å². The van der Waals surface area contributed by atoms with Crippen molar-refractivity contribution in [2.75, 3.05) is 7.11 Å². The van der Waals surface area contributed by atoms with Crippen LogP contribution in [0.15, 0.2) is 77.7 Å². The number of halogens is 1. The van der Waals surface area contributed by atoms with E-state index in [0.29, 0.717) is 11.3 Å². The summed E-state index contributed by atoms with van der Waals surface area (Å²) in [4.78, 5) is 22.6. The van der Waals surface area contributed by atoms with Crippen molar-refractivity contribution in [3.8, 4) is 5.75 Å². The second-order valence-electron chi connectivity index (χ2n) is 7.26. The zero-order valence-corrected chi connectivity index (χ0v) is 20.2. The summed E-state index contributed by atoms with van der Waals surface area (Å²) in [6.07, 6.45) is 0. The topological polar surface area (TPSA) is 116 Å². The Hall–Kier alpha value is -3.08. The van der Waals surface area contributed by atoms with E-state index in [0.717, 1.165) is 5.56 Å². The van der Waals surface area contributed by atoms with Crippen LogP contribution in [0.25, 0.3) is 0 Å². The second kappa shape index (κ2) is 10.2. The third-order valence-electron chi connectivity index (χ3n) is 4.99. The molecule has 2 atom stereocenters. The van der Waals surface area contributed by atoms with Gasteiger partial charge in [-0.15, -0.1) is 0 Å². The Morgan fingerprint density at radius 1 is 1.00 bits per heavy atom. The van der Waals surface area contributed by atoms with Crippen LogP contribution in [-0.4, -0.2) is 31.1 Å². The molecule has 0 unspecified atom stereocenters. The molecular formula is C23H21BrN2O6S. The number of sulfonamides is 1. The number of nitrogens with one attached hydrogen (secondary N) is 1. The number of carbonyl (C=O) groups excluding carboxylic acids is 1. The van der Waals surface area contributed by atoms with E-state index in [-0.39, 0.29) is 16.1 Å². The van der Waals surface area contributed by atoms with E-state index in [1.807, 2.05) is 6.92 Å². The summed E-state index contributed by atoms with van der Waals surface area (Å²) in [7, 11) is -2.46. The van der Waals surface area contributed by atoms with Gasteiger partial charge in [0.2, 0.25) is 10.0 Å². The standard InChI is InChI=1S/C23H21BrN2O6S/c1-15-3-13-20(14-4-15)33(30,31)25-22(16-7-11-19(32-2)12-8-16)21(24)23(27)17-5-9-18(10-6-17)26(28)29/h3-14,21-22,25H,1-2H3/t21-,22-/m1/s1. The monoisotopic (exact) mass is 532 g/mol. The normalized spacial score (nSPS) is 13.2. The number of alkyl halides is 1. The Morgan fingerprint density at radius 2 is 1.58 bits per heavy atom. The molecule has 0 aliphatic rings. The first-order chi connectivity index (χ1) is 15.6. The number of nitro groups is 1. The van der Waals surface area contributed by atoms with Crippen LogP contribution in [0.4, 0.5) is 5.69 Å². The third kappa shape index (κ3) is 5.84. The molecule has 0 aliphatic carbocycles. The van der Waals surface area contributed by atoms with E-state index in [1.54, 1.807) is 36.4 Å². The molecule has 0 amide bonds. The minimum absolute atomic E-state index is 0.0640. The molecule has 3 aromatic rings. The van der Waals surface area contributed by atoms with Gasteiger partial charge in [-0.1, -0.05) is 45.8 Å². The number of methoxy groups -OCH3 is 1. The number of hydrogen-bond donors (Lipinski definition) is 1. The lowest BCUT2D eigenvalue weighted by atomic mass is 9.98. The van der Waals surface area contributed by atoms with Crippen molar-refractivity contribution < 1.29 is 22.9 Å². The van der Waals surface area contributed by atoms with Crippen molar-refractivity contribution in [3.05, 3.63) is 99.6 Å². The zero-order chi connectivity index (χ0) is 24.2. The van der Waals surface area contributed by atoms with Gasteiger partial charge in [-0.25, -0.2) is 13.1 Å². The van der Waals surface area contributed by atoms with Gasteiger partial charge in [0.15, 0.2) is 5.78 Å². The number of ketones is 1. The van der Waals surface area contributed by atoms with Crippen LogP contribution in [0, 0.1) is 17.0 Å². The predicted octanol–water partition coefficient (Wildman–Crippen LogP) is 4.58. The van der Waals surface area contributed by atoms with Gasteiger partial charge in [-0.3, -0.25) is 14.9 Å². The predicted molar refractivity (Wildman–Crippen MR) is 127 cm³/mol. The molecule has 0 aliphatic heterocycles. The zero-order valence-electron chi connectivity index (χ0n) is 17.8. The Bertz CT molecular complexity index is 1240. The molecule has 0 saturated carbocycles. The Kier molecular flexibility index (Phi) is 7.62. The number of ether oxygens (including phenoxy) is 1. The van der Waals surface area contributed by atoms with Crippen molar-refractivity contribution >= 4 is 37.4 Å². The summed E-state index contributed by atoms with van der Waals surface area (Å²) in [6, 6.07) is 17.2. The van der Waals surface area contributed by atoms with Crippen molar-refractivity contribution in [1.82, 2.24) is 4.72 Å². The number of benzene rings is 3. The lowest BCUT2D eigenvalue weighted by Gasteiger charge is -2.24. The molecule has 0 heterocycles. The molecule has 172 valence electrons. The quantitative estimate of drug-likeness (QED) is 0.186. The van der Waals surface area contributed by atoms with E-state index < -0.39 is 31.6 Å². The summed E-state index contributed by atoms with van der Waals surface area (Å²) in [5.74, 6) is 0.143. The number of rotatable bonds is 9. The average Bonchev–Trinajstić information content (AvgIpc) is 2.82. The lowest BCUT2D eigenvalue weighted by molar-refractivity contribution is -0.384. The first-order valence-corrected chi connectivity index (χ1v) is 12.2. The highest BCUT2D eigenvalue weighted by Crippen LogP contribution is 2.30. The van der Waals surface area contributed by atoms with Gasteiger partial charge < -0.3 is 4.74 Å². The first-order valence-electron chi connectivity index (χ1n) is 9.78. The fourth-order valence-electron chi connectivity index (χ4n) is 3.12. The van der Waals surface area contributed by atoms with Crippen LogP contribution in [-0.2, 0) is 10.0 Å². The SMILES string of the molecule is COc1ccc([C@@H](NS(=O)(=O)c2ccc(C)cc2)[C@@H](Br)C(=O)c2ccc([N+](=O)[O-])cc2)cc1. The average molecular weight is 533 g/mol. The highest BCUT2D eigenvalue weighted by atomic mass is 79.9. The Morgan fingerprint density at radius 3 is 2.09 bits per heavy atom. The number of non-ortho nitro benzene ring substituents is 1. The molecule has 0 spiro atoms. The Labute approximate surface area is 199 Å². The van der Waals surface area contributed by atoms with Crippen molar-refractivity contribution in [2.24, 2.45) is 0 Å². The van der Waals surface area contributed by atoms with Gasteiger partial charge in [0, 0.05) is 17.7 Å². The molecule has 0 saturated heterocycles. The summed E-state index contributed by atoms with van der Waals surface area (Å²) >= 11 is 3.36. The number of nitro benzene ring substituents is 1. The molecule has 3 rings (SSSR count). The molecule has 33 heavy (non-hydrogen) atoms. The summed E-state index contributed by atoms with van der Waals surface area (Å²) < 4.78 is 34.0. The van der Waals surface area contributed by atoms with Crippen LogP contribution >= 0.6 is 15.9 Å². The molecule has 0 fully saturated rings.